The fourth-order valence-electron chi connectivity index (χ4n) is 4.81. The van der Waals surface area contributed by atoms with Gasteiger partial charge in [0.25, 0.3) is 0 Å². The molecule has 0 atom stereocenters. The molecule has 0 aromatic heterocycles. The predicted molar refractivity (Wildman–Crippen MR) is 120 cm³/mol. The van der Waals surface area contributed by atoms with Crippen LogP contribution in [0.1, 0.15) is 117 Å². The van der Waals surface area contributed by atoms with Gasteiger partial charge < -0.3 is 8.85 Å². The molecule has 1 aliphatic carbocycles. The minimum Gasteiger partial charge on any atom is -0.386 e. The lowest BCUT2D eigenvalue weighted by Gasteiger charge is -2.42. The van der Waals surface area contributed by atoms with Crippen LogP contribution in [0, 0.1) is 0 Å². The molecule has 0 amide bonds. The number of unbranched alkanes of at least 4 members (excludes halogenated alkanes) is 10. The lowest BCUT2D eigenvalue weighted by molar-refractivity contribution is 0.146. The summed E-state index contributed by atoms with van der Waals surface area (Å²) >= 11 is 0. The molecule has 1 fully saturated rings. The van der Waals surface area contributed by atoms with E-state index >= 15 is 0 Å². The van der Waals surface area contributed by atoms with Crippen molar-refractivity contribution in [1.29, 1.82) is 0 Å². The van der Waals surface area contributed by atoms with Crippen LogP contribution in [-0.2, 0) is 8.85 Å². The Morgan fingerprint density at radius 2 is 1.07 bits per heavy atom. The van der Waals surface area contributed by atoms with Crippen LogP contribution >= 0.6 is 0 Å². The van der Waals surface area contributed by atoms with Gasteiger partial charge in [-0.3, -0.25) is 4.57 Å². The van der Waals surface area contributed by atoms with E-state index in [0.29, 0.717) is 5.54 Å². The summed E-state index contributed by atoms with van der Waals surface area (Å²) in [6.07, 6.45) is 21.6. The largest absolute Gasteiger partial charge is 0.430 e. The van der Waals surface area contributed by atoms with Gasteiger partial charge in [-0.1, -0.05) is 90.9 Å². The minimum absolute atomic E-state index is 0.660. The summed E-state index contributed by atoms with van der Waals surface area (Å²) < 4.78 is 15.2. The standard InChI is InChI=1S/C23H49NO2Si/c1-5-7-9-11-13-17-21-24(22-18-14-12-10-8-6-2)27(25-3,26-4)23-19-15-16-20-23/h23H,5-22H2,1-4H3. The van der Waals surface area contributed by atoms with Crippen molar-refractivity contribution < 1.29 is 8.85 Å². The first-order valence-corrected chi connectivity index (χ1v) is 13.9. The predicted octanol–water partition coefficient (Wildman–Crippen LogP) is 7.19. The Hall–Kier alpha value is 0.0969. The first-order chi connectivity index (χ1) is 13.2. The van der Waals surface area contributed by atoms with Crippen LogP contribution in [0.2, 0.25) is 5.54 Å². The van der Waals surface area contributed by atoms with Gasteiger partial charge in [-0.25, -0.2) is 0 Å². The van der Waals surface area contributed by atoms with Gasteiger partial charge in [0.15, 0.2) is 0 Å². The van der Waals surface area contributed by atoms with Crippen molar-refractivity contribution >= 4 is 8.72 Å². The first-order valence-electron chi connectivity index (χ1n) is 12.1. The topological polar surface area (TPSA) is 21.7 Å². The molecule has 0 aromatic carbocycles. The van der Waals surface area contributed by atoms with Crippen LogP contribution in [-0.4, -0.2) is 40.6 Å². The lowest BCUT2D eigenvalue weighted by Crippen LogP contribution is -2.60. The minimum atomic E-state index is -2.26. The highest BCUT2D eigenvalue weighted by atomic mass is 28.4. The highest BCUT2D eigenvalue weighted by Crippen LogP contribution is 2.41. The molecule has 0 aromatic rings. The van der Waals surface area contributed by atoms with Crippen LogP contribution in [0.25, 0.3) is 0 Å². The average molecular weight is 400 g/mol. The fraction of sp³-hybridized carbons (Fsp3) is 1.00. The molecular formula is C23H49NO2Si. The lowest BCUT2D eigenvalue weighted by atomic mass is 10.1. The van der Waals surface area contributed by atoms with E-state index < -0.39 is 8.72 Å². The third kappa shape index (κ3) is 8.97. The average Bonchev–Trinajstić information content (AvgIpc) is 3.23. The van der Waals surface area contributed by atoms with Crippen LogP contribution in [0.3, 0.4) is 0 Å². The van der Waals surface area contributed by atoms with Crippen LogP contribution in [0.5, 0.6) is 0 Å². The zero-order valence-corrected chi connectivity index (χ0v) is 20.1. The van der Waals surface area contributed by atoms with Gasteiger partial charge in [0.2, 0.25) is 0 Å². The maximum atomic E-state index is 6.27. The number of hydrogen-bond acceptors (Lipinski definition) is 3. The Balaban J connectivity index is 2.57. The molecule has 0 radical (unpaired) electrons. The van der Waals surface area contributed by atoms with E-state index in [1.165, 1.54) is 116 Å². The molecule has 4 heteroatoms. The highest BCUT2D eigenvalue weighted by Gasteiger charge is 2.51. The van der Waals surface area contributed by atoms with Gasteiger partial charge in [-0.2, -0.15) is 0 Å². The Morgan fingerprint density at radius 1 is 0.667 bits per heavy atom. The molecule has 162 valence electrons. The van der Waals surface area contributed by atoms with Crippen LogP contribution < -0.4 is 0 Å². The molecule has 0 bridgehead atoms. The summed E-state index contributed by atoms with van der Waals surface area (Å²) in [6, 6.07) is 0. The second-order valence-electron chi connectivity index (χ2n) is 8.54. The van der Waals surface area contributed by atoms with E-state index in [1.54, 1.807) is 0 Å². The summed E-state index contributed by atoms with van der Waals surface area (Å²) in [6.45, 7) is 6.93. The zero-order valence-electron chi connectivity index (χ0n) is 19.1. The summed E-state index contributed by atoms with van der Waals surface area (Å²) in [4.78, 5) is 0. The molecule has 0 aliphatic heterocycles. The van der Waals surface area contributed by atoms with Crippen LogP contribution in [0.4, 0.5) is 0 Å². The SMILES string of the molecule is CCCCCCCCN(CCCCCCCC)[Si](OC)(OC)C1CCCC1. The van der Waals surface area contributed by atoms with Crippen molar-refractivity contribution in [2.24, 2.45) is 0 Å². The Kier molecular flexibility index (Phi) is 14.9. The van der Waals surface area contributed by atoms with Gasteiger partial charge in [0, 0.05) is 19.8 Å². The summed E-state index contributed by atoms with van der Waals surface area (Å²) in [5, 5.41) is 0. The quantitative estimate of drug-likeness (QED) is 0.180. The Labute approximate surface area is 171 Å². The van der Waals surface area contributed by atoms with Gasteiger partial charge in [0.1, 0.15) is 0 Å². The van der Waals surface area contributed by atoms with E-state index in [0.717, 1.165) is 0 Å². The van der Waals surface area contributed by atoms with E-state index in [-0.39, 0.29) is 0 Å². The third-order valence-corrected chi connectivity index (χ3v) is 10.6. The van der Waals surface area contributed by atoms with Crippen molar-refractivity contribution in [3.8, 4) is 0 Å². The van der Waals surface area contributed by atoms with Crippen molar-refractivity contribution in [2.75, 3.05) is 27.3 Å². The van der Waals surface area contributed by atoms with Crippen molar-refractivity contribution in [2.45, 2.75) is 122 Å². The molecule has 1 rings (SSSR count). The number of hydrogen-bond donors (Lipinski definition) is 0. The molecule has 27 heavy (non-hydrogen) atoms. The zero-order chi connectivity index (χ0) is 19.8. The van der Waals surface area contributed by atoms with Gasteiger partial charge in [-0.15, -0.1) is 0 Å². The normalized spacial score (nSPS) is 15.9. The summed E-state index contributed by atoms with van der Waals surface area (Å²) in [5.41, 5.74) is 0.660. The Bertz CT molecular complexity index is 314. The van der Waals surface area contributed by atoms with Crippen LogP contribution in [0.15, 0.2) is 0 Å². The molecule has 0 spiro atoms. The van der Waals surface area contributed by atoms with E-state index in [9.17, 15) is 0 Å². The van der Waals surface area contributed by atoms with Gasteiger partial charge in [0.05, 0.1) is 0 Å². The first kappa shape index (κ1) is 25.1. The summed E-state index contributed by atoms with van der Waals surface area (Å²) in [7, 11) is 1.58. The summed E-state index contributed by atoms with van der Waals surface area (Å²) in [5.74, 6) is 0. The van der Waals surface area contributed by atoms with E-state index in [4.69, 9.17) is 8.85 Å². The fourth-order valence-corrected chi connectivity index (χ4v) is 8.76. The smallest absolute Gasteiger partial charge is 0.386 e. The second-order valence-corrected chi connectivity index (χ2v) is 12.1. The maximum absolute atomic E-state index is 6.27. The van der Waals surface area contributed by atoms with Gasteiger partial charge >= 0.3 is 8.72 Å². The number of rotatable bonds is 18. The third-order valence-electron chi connectivity index (χ3n) is 6.46. The van der Waals surface area contributed by atoms with E-state index in [2.05, 4.69) is 18.4 Å². The molecule has 0 saturated heterocycles. The molecule has 1 saturated carbocycles. The van der Waals surface area contributed by atoms with Crippen molar-refractivity contribution in [1.82, 2.24) is 4.57 Å². The van der Waals surface area contributed by atoms with E-state index in [1.807, 2.05) is 14.2 Å². The molecular weight excluding hydrogens is 350 g/mol. The second kappa shape index (κ2) is 16.0. The molecule has 0 heterocycles. The molecule has 0 N–H and O–H groups in total. The molecule has 0 unspecified atom stereocenters. The molecule has 3 nitrogen and oxygen atoms in total. The number of nitrogens with zero attached hydrogens (tertiary/aromatic N) is 1. The monoisotopic (exact) mass is 399 g/mol. The van der Waals surface area contributed by atoms with Gasteiger partial charge in [-0.05, 0) is 38.8 Å². The Morgan fingerprint density at radius 3 is 1.48 bits per heavy atom. The van der Waals surface area contributed by atoms with Crippen molar-refractivity contribution in [3.63, 3.8) is 0 Å². The van der Waals surface area contributed by atoms with Crippen molar-refractivity contribution in [3.05, 3.63) is 0 Å². The highest BCUT2D eigenvalue weighted by molar-refractivity contribution is 6.66. The molecule has 1 aliphatic rings. The maximum Gasteiger partial charge on any atom is 0.430 e.